The molecule has 0 N–H and O–H groups in total. The quantitative estimate of drug-likeness (QED) is 0.131. The van der Waals surface area contributed by atoms with E-state index in [2.05, 4.69) is 146 Å². The number of nitrogens with zero attached hydrogens (tertiary/aromatic N) is 3. The number of hydrogen-bond donors (Lipinski definition) is 0. The number of amidine groups is 1. The van der Waals surface area contributed by atoms with Crippen molar-refractivity contribution < 1.29 is 4.42 Å². The van der Waals surface area contributed by atoms with Crippen LogP contribution in [0.4, 0.5) is 0 Å². The fraction of sp³-hybridized carbons (Fsp3) is 0.0638. The molecule has 10 rings (SSSR count). The minimum absolute atomic E-state index is 0.132. The van der Waals surface area contributed by atoms with Gasteiger partial charge in [-0.2, -0.15) is 0 Å². The van der Waals surface area contributed by atoms with Gasteiger partial charge in [0.2, 0.25) is 0 Å². The van der Waals surface area contributed by atoms with E-state index in [9.17, 15) is 0 Å². The van der Waals surface area contributed by atoms with Crippen LogP contribution in [0.1, 0.15) is 36.6 Å². The molecule has 0 saturated heterocycles. The van der Waals surface area contributed by atoms with Gasteiger partial charge in [-0.1, -0.05) is 109 Å². The molecule has 7 aromatic carbocycles. The maximum absolute atomic E-state index is 6.65. The van der Waals surface area contributed by atoms with Crippen molar-refractivity contribution in [2.75, 3.05) is 0 Å². The van der Waals surface area contributed by atoms with Gasteiger partial charge in [0.05, 0.1) is 17.1 Å². The molecular formula is C47H33N3OS. The molecule has 5 heteroatoms. The Morgan fingerprint density at radius 1 is 0.596 bits per heavy atom. The van der Waals surface area contributed by atoms with Gasteiger partial charge in [0.15, 0.2) is 5.84 Å². The molecule has 0 aliphatic heterocycles. The molecule has 0 aliphatic rings. The summed E-state index contributed by atoms with van der Waals surface area (Å²) in [5.41, 5.74) is 9.11. The van der Waals surface area contributed by atoms with Gasteiger partial charge >= 0.3 is 0 Å². The van der Waals surface area contributed by atoms with E-state index in [0.29, 0.717) is 5.84 Å². The highest BCUT2D eigenvalue weighted by Gasteiger charge is 2.19. The highest BCUT2D eigenvalue weighted by atomic mass is 32.1. The Hall–Kier alpha value is -6.30. The van der Waals surface area contributed by atoms with Crippen LogP contribution in [-0.4, -0.2) is 16.1 Å². The lowest BCUT2D eigenvalue weighted by Gasteiger charge is -2.12. The van der Waals surface area contributed by atoms with E-state index < -0.39 is 0 Å². The van der Waals surface area contributed by atoms with Crippen LogP contribution in [0.25, 0.3) is 69.6 Å². The topological polar surface area (TPSA) is 42.8 Å². The van der Waals surface area contributed by atoms with Crippen LogP contribution in [0.3, 0.4) is 0 Å². The average molecular weight is 688 g/mol. The third-order valence-corrected chi connectivity index (χ3v) is 11.4. The number of fused-ring (bicyclic) bond motifs is 9. The number of furan rings is 1. The van der Waals surface area contributed by atoms with E-state index >= 15 is 0 Å². The molecule has 52 heavy (non-hydrogen) atoms. The molecule has 1 atom stereocenters. The van der Waals surface area contributed by atoms with Crippen molar-refractivity contribution in [3.05, 3.63) is 174 Å². The van der Waals surface area contributed by atoms with Gasteiger partial charge in [0.25, 0.3) is 0 Å². The SMILES string of the molecule is CC(=NC(=N[C@@H](C)c1ccc2c(c1)sc1ccccc12)c1cccc2oc3cc(-n4c5ccccc5c5ccccc54)ccc3c12)c1ccccc1. The Labute approximate surface area is 304 Å². The highest BCUT2D eigenvalue weighted by Crippen LogP contribution is 2.38. The Morgan fingerprint density at radius 3 is 2.06 bits per heavy atom. The van der Waals surface area contributed by atoms with Gasteiger partial charge in [-0.05, 0) is 67.4 Å². The predicted molar refractivity (Wildman–Crippen MR) is 221 cm³/mol. The van der Waals surface area contributed by atoms with Crippen LogP contribution < -0.4 is 0 Å². The summed E-state index contributed by atoms with van der Waals surface area (Å²) in [6.45, 7) is 4.22. The lowest BCUT2D eigenvalue weighted by atomic mass is 10.0. The molecule has 0 saturated carbocycles. The Balaban J connectivity index is 1.14. The first-order valence-corrected chi connectivity index (χ1v) is 18.5. The third-order valence-electron chi connectivity index (χ3n) is 10.2. The summed E-state index contributed by atoms with van der Waals surface area (Å²) in [5.74, 6) is 0.685. The molecule has 0 fully saturated rings. The molecule has 0 unspecified atom stereocenters. The summed E-state index contributed by atoms with van der Waals surface area (Å²) in [7, 11) is 0. The molecule has 10 aromatic rings. The molecule has 3 aromatic heterocycles. The van der Waals surface area contributed by atoms with Gasteiger partial charge in [0.1, 0.15) is 11.2 Å². The van der Waals surface area contributed by atoms with Crippen LogP contribution in [0, 0.1) is 0 Å². The van der Waals surface area contributed by atoms with Gasteiger partial charge in [-0.25, -0.2) is 4.99 Å². The molecule has 248 valence electrons. The number of rotatable bonds is 5. The van der Waals surface area contributed by atoms with Gasteiger partial charge in [-0.15, -0.1) is 11.3 Å². The van der Waals surface area contributed by atoms with Crippen molar-refractivity contribution in [1.29, 1.82) is 0 Å². The molecule has 0 radical (unpaired) electrons. The Bertz CT molecular complexity index is 3000. The second kappa shape index (κ2) is 12.2. The molecule has 0 amide bonds. The summed E-state index contributed by atoms with van der Waals surface area (Å²) in [6, 6.07) is 55.5. The largest absolute Gasteiger partial charge is 0.456 e. The van der Waals surface area contributed by atoms with E-state index in [4.69, 9.17) is 14.4 Å². The predicted octanol–water partition coefficient (Wildman–Crippen LogP) is 13.1. The van der Waals surface area contributed by atoms with E-state index in [-0.39, 0.29) is 6.04 Å². The highest BCUT2D eigenvalue weighted by molar-refractivity contribution is 7.25. The van der Waals surface area contributed by atoms with Gasteiger partial charge < -0.3 is 8.98 Å². The normalized spacial score (nSPS) is 13.3. The van der Waals surface area contributed by atoms with Crippen molar-refractivity contribution in [3.63, 3.8) is 0 Å². The average Bonchev–Trinajstić information content (AvgIpc) is 3.86. The van der Waals surface area contributed by atoms with Crippen LogP contribution in [-0.2, 0) is 0 Å². The second-order valence-electron chi connectivity index (χ2n) is 13.4. The van der Waals surface area contributed by atoms with Crippen molar-refractivity contribution in [3.8, 4) is 5.69 Å². The first-order valence-electron chi connectivity index (χ1n) is 17.6. The van der Waals surface area contributed by atoms with Crippen LogP contribution in [0.5, 0.6) is 0 Å². The number of aromatic nitrogens is 1. The van der Waals surface area contributed by atoms with Crippen molar-refractivity contribution >= 4 is 86.8 Å². The first kappa shape index (κ1) is 30.5. The number of thiophene rings is 1. The summed E-state index contributed by atoms with van der Waals surface area (Å²) in [6.07, 6.45) is 0. The number of benzene rings is 7. The maximum Gasteiger partial charge on any atom is 0.156 e. The lowest BCUT2D eigenvalue weighted by Crippen LogP contribution is -2.06. The molecule has 3 heterocycles. The maximum atomic E-state index is 6.65. The fourth-order valence-electron chi connectivity index (χ4n) is 7.66. The summed E-state index contributed by atoms with van der Waals surface area (Å²) in [4.78, 5) is 10.7. The van der Waals surface area contributed by atoms with Crippen LogP contribution in [0.15, 0.2) is 172 Å². The van der Waals surface area contributed by atoms with E-state index in [1.807, 2.05) is 41.7 Å². The lowest BCUT2D eigenvalue weighted by molar-refractivity contribution is 0.668. The van der Waals surface area contributed by atoms with Crippen LogP contribution >= 0.6 is 11.3 Å². The minimum atomic E-state index is -0.132. The Kier molecular flexibility index (Phi) is 7.15. The molecule has 0 aliphatic carbocycles. The monoisotopic (exact) mass is 687 g/mol. The molecule has 0 spiro atoms. The fourth-order valence-corrected chi connectivity index (χ4v) is 8.82. The number of para-hydroxylation sites is 2. The Morgan fingerprint density at radius 2 is 1.27 bits per heavy atom. The summed E-state index contributed by atoms with van der Waals surface area (Å²) in [5, 5.41) is 7.11. The van der Waals surface area contributed by atoms with Crippen molar-refractivity contribution in [1.82, 2.24) is 4.57 Å². The van der Waals surface area contributed by atoms with Gasteiger partial charge in [0, 0.05) is 64.7 Å². The van der Waals surface area contributed by atoms with Crippen LogP contribution in [0.2, 0.25) is 0 Å². The summed E-state index contributed by atoms with van der Waals surface area (Å²) >= 11 is 1.83. The summed E-state index contributed by atoms with van der Waals surface area (Å²) < 4.78 is 11.5. The minimum Gasteiger partial charge on any atom is -0.456 e. The molecule has 4 nitrogen and oxygen atoms in total. The third kappa shape index (κ3) is 4.96. The number of hydrogen-bond acceptors (Lipinski definition) is 3. The van der Waals surface area contributed by atoms with E-state index in [1.165, 1.54) is 42.0 Å². The smallest absolute Gasteiger partial charge is 0.156 e. The zero-order valence-corrected chi connectivity index (χ0v) is 29.6. The first-order chi connectivity index (χ1) is 25.6. The van der Waals surface area contributed by atoms with Crippen molar-refractivity contribution in [2.45, 2.75) is 19.9 Å². The molecular weight excluding hydrogens is 655 g/mol. The second-order valence-corrected chi connectivity index (χ2v) is 14.5. The van der Waals surface area contributed by atoms with E-state index in [1.54, 1.807) is 0 Å². The van der Waals surface area contributed by atoms with Gasteiger partial charge in [-0.3, -0.25) is 4.99 Å². The molecule has 0 bridgehead atoms. The van der Waals surface area contributed by atoms with E-state index in [0.717, 1.165) is 50.0 Å². The zero-order chi connectivity index (χ0) is 34.8. The van der Waals surface area contributed by atoms with Crippen molar-refractivity contribution in [2.24, 2.45) is 9.98 Å². The standard InChI is InChI=1S/C47H33N3OS/c1-29(31-13-4-3-5-14-31)48-47(49-30(2)32-23-25-37-36-17-8-11-22-44(36)52-45(37)27-32)39-18-12-21-42-46(39)38-26-24-33(28-43(38)51-42)50-40-19-9-6-15-34(40)35-16-7-10-20-41(35)50/h3-28,30H,1-2H3/t30-/m0/s1. The number of aliphatic imine (C=N–C) groups is 2. The zero-order valence-electron chi connectivity index (χ0n) is 28.7.